The third kappa shape index (κ3) is 12.1. The second-order valence-electron chi connectivity index (χ2n) is 10.3. The van der Waals surface area contributed by atoms with E-state index in [1.165, 1.54) is 19.3 Å². The highest BCUT2D eigenvalue weighted by molar-refractivity contribution is 5.86. The van der Waals surface area contributed by atoms with Crippen LogP contribution in [0.3, 0.4) is 0 Å². The number of aliphatic hydroxyl groups excluding tert-OH is 1. The van der Waals surface area contributed by atoms with E-state index in [-0.39, 0.29) is 50.0 Å². The Kier molecular flexibility index (Phi) is 15.1. The maximum atomic E-state index is 13.4. The number of nitrogens with zero attached hydrogens (tertiary/aromatic N) is 1. The number of benzene rings is 1. The molecule has 1 saturated carbocycles. The lowest BCUT2D eigenvalue weighted by molar-refractivity contribution is -0.145. The molecular weight excluding hydrogens is 480 g/mol. The molecule has 1 aliphatic carbocycles. The van der Waals surface area contributed by atoms with Gasteiger partial charge >= 0.3 is 5.97 Å². The van der Waals surface area contributed by atoms with E-state index in [4.69, 9.17) is 4.74 Å². The van der Waals surface area contributed by atoms with Gasteiger partial charge in [-0.2, -0.15) is 0 Å². The third-order valence-corrected chi connectivity index (χ3v) is 7.11. The predicted molar refractivity (Wildman–Crippen MR) is 150 cm³/mol. The van der Waals surface area contributed by atoms with Crippen molar-refractivity contribution in [2.45, 2.75) is 83.2 Å². The number of aliphatic hydroxyl groups is 1. The van der Waals surface area contributed by atoms with Crippen molar-refractivity contribution < 1.29 is 24.2 Å². The summed E-state index contributed by atoms with van der Waals surface area (Å²) in [6.45, 7) is 8.01. The fourth-order valence-corrected chi connectivity index (χ4v) is 5.01. The van der Waals surface area contributed by atoms with Gasteiger partial charge in [0.05, 0.1) is 18.6 Å². The lowest BCUT2D eigenvalue weighted by Crippen LogP contribution is -2.44. The Labute approximate surface area is 228 Å². The molecular formula is C31H46N2O5. The summed E-state index contributed by atoms with van der Waals surface area (Å²) < 4.78 is 5.54. The van der Waals surface area contributed by atoms with E-state index in [2.05, 4.69) is 18.5 Å². The van der Waals surface area contributed by atoms with Gasteiger partial charge < -0.3 is 20.1 Å². The number of unbranched alkanes of at least 4 members (excludes halogenated alkanes) is 1. The van der Waals surface area contributed by atoms with Crippen LogP contribution in [0.1, 0.15) is 76.2 Å². The predicted octanol–water partition coefficient (Wildman–Crippen LogP) is 4.94. The maximum Gasteiger partial charge on any atom is 0.305 e. The van der Waals surface area contributed by atoms with E-state index >= 15 is 0 Å². The Morgan fingerprint density at radius 1 is 1.11 bits per heavy atom. The van der Waals surface area contributed by atoms with Gasteiger partial charge in [-0.1, -0.05) is 74.6 Å². The van der Waals surface area contributed by atoms with Crippen LogP contribution in [0.4, 0.5) is 0 Å². The molecule has 0 saturated heterocycles. The van der Waals surface area contributed by atoms with Gasteiger partial charge in [0.2, 0.25) is 11.8 Å². The third-order valence-electron chi connectivity index (χ3n) is 7.11. The standard InChI is InChI=1S/C31H46N2O5/c1-3-5-8-18-30(36)38-24-28(21-25-14-9-6-10-15-25)32-31(37)27(13-4-2)22-29(35)33(19-20-34)23-26-16-11-7-12-17-26/h3-4,7,11-12,16-17,25,27-28,34H,1-2,5-6,8-10,13-15,18-24H2,(H,32,37). The molecule has 0 spiro atoms. The zero-order valence-corrected chi connectivity index (χ0v) is 22.8. The van der Waals surface area contributed by atoms with Crippen molar-refractivity contribution in [3.8, 4) is 0 Å². The minimum atomic E-state index is -0.589. The van der Waals surface area contributed by atoms with Crippen molar-refractivity contribution in [2.75, 3.05) is 19.8 Å². The lowest BCUT2D eigenvalue weighted by atomic mass is 9.84. The normalized spacial score (nSPS) is 15.2. The number of esters is 1. The molecule has 2 N–H and O–H groups in total. The Balaban J connectivity index is 2.03. The minimum absolute atomic E-state index is 0.0160. The number of carbonyl (C=O) groups is 3. The highest BCUT2D eigenvalue weighted by atomic mass is 16.5. The molecule has 1 fully saturated rings. The summed E-state index contributed by atoms with van der Waals surface area (Å²) >= 11 is 0. The summed E-state index contributed by atoms with van der Waals surface area (Å²) in [5.41, 5.74) is 0.960. The number of hydrogen-bond acceptors (Lipinski definition) is 5. The highest BCUT2D eigenvalue weighted by Gasteiger charge is 2.28. The Bertz CT molecular complexity index is 866. The first-order valence-corrected chi connectivity index (χ1v) is 14.1. The molecule has 210 valence electrons. The molecule has 7 heteroatoms. The number of ether oxygens (including phenoxy) is 1. The zero-order valence-electron chi connectivity index (χ0n) is 22.8. The van der Waals surface area contributed by atoms with Gasteiger partial charge in [0.25, 0.3) is 0 Å². The summed E-state index contributed by atoms with van der Waals surface area (Å²) in [7, 11) is 0. The fraction of sp³-hybridized carbons (Fsp3) is 0.581. The molecule has 7 nitrogen and oxygen atoms in total. The van der Waals surface area contributed by atoms with Crippen LogP contribution in [0.15, 0.2) is 55.6 Å². The van der Waals surface area contributed by atoms with Crippen LogP contribution in [-0.4, -0.2) is 53.6 Å². The molecule has 1 aromatic carbocycles. The first-order valence-electron chi connectivity index (χ1n) is 14.1. The zero-order chi connectivity index (χ0) is 27.6. The first kappa shape index (κ1) is 31.3. The van der Waals surface area contributed by atoms with Crippen LogP contribution in [-0.2, 0) is 25.7 Å². The van der Waals surface area contributed by atoms with Crippen LogP contribution < -0.4 is 5.32 Å². The monoisotopic (exact) mass is 526 g/mol. The second kappa shape index (κ2) is 18.3. The summed E-state index contributed by atoms with van der Waals surface area (Å²) in [6.07, 6.45) is 12.2. The van der Waals surface area contributed by atoms with Gasteiger partial charge in [-0.25, -0.2) is 0 Å². The van der Waals surface area contributed by atoms with Gasteiger partial charge in [-0.3, -0.25) is 14.4 Å². The molecule has 0 heterocycles. The number of rotatable bonds is 18. The van der Waals surface area contributed by atoms with E-state index in [0.29, 0.717) is 31.7 Å². The minimum Gasteiger partial charge on any atom is -0.463 e. The fourth-order valence-electron chi connectivity index (χ4n) is 5.01. The van der Waals surface area contributed by atoms with Crippen molar-refractivity contribution in [3.63, 3.8) is 0 Å². The van der Waals surface area contributed by atoms with Crippen molar-refractivity contribution in [1.82, 2.24) is 10.2 Å². The largest absolute Gasteiger partial charge is 0.463 e. The molecule has 0 radical (unpaired) electrons. The van der Waals surface area contributed by atoms with Crippen LogP contribution in [0.25, 0.3) is 0 Å². The molecule has 2 rings (SSSR count). The van der Waals surface area contributed by atoms with Gasteiger partial charge in [0, 0.05) is 25.9 Å². The topological polar surface area (TPSA) is 95.9 Å². The molecule has 1 aromatic rings. The van der Waals surface area contributed by atoms with E-state index < -0.39 is 5.92 Å². The number of carbonyl (C=O) groups excluding carboxylic acids is 3. The van der Waals surface area contributed by atoms with Crippen LogP contribution >= 0.6 is 0 Å². The van der Waals surface area contributed by atoms with Crippen LogP contribution in [0.2, 0.25) is 0 Å². The Morgan fingerprint density at radius 3 is 2.50 bits per heavy atom. The Hall–Kier alpha value is -2.93. The Morgan fingerprint density at radius 2 is 1.84 bits per heavy atom. The molecule has 1 aliphatic rings. The van der Waals surface area contributed by atoms with Gasteiger partial charge in [-0.15, -0.1) is 13.2 Å². The van der Waals surface area contributed by atoms with E-state index in [9.17, 15) is 19.5 Å². The average molecular weight is 527 g/mol. The molecule has 0 aliphatic heterocycles. The van der Waals surface area contributed by atoms with Crippen LogP contribution in [0.5, 0.6) is 0 Å². The van der Waals surface area contributed by atoms with Crippen LogP contribution in [0, 0.1) is 11.8 Å². The van der Waals surface area contributed by atoms with Crippen molar-refractivity contribution in [2.24, 2.45) is 11.8 Å². The van der Waals surface area contributed by atoms with Crippen molar-refractivity contribution in [3.05, 3.63) is 61.2 Å². The average Bonchev–Trinajstić information content (AvgIpc) is 2.92. The molecule has 0 bridgehead atoms. The SMILES string of the molecule is C=CCCCC(=O)OCC(CC1CCCCC1)NC(=O)C(CC=C)CC(=O)N(CCO)Cc1ccccc1. The first-order chi connectivity index (χ1) is 18.5. The molecule has 38 heavy (non-hydrogen) atoms. The van der Waals surface area contributed by atoms with E-state index in [1.54, 1.807) is 17.1 Å². The van der Waals surface area contributed by atoms with Gasteiger partial charge in [-0.05, 0) is 37.2 Å². The summed E-state index contributed by atoms with van der Waals surface area (Å²) in [5.74, 6) is -0.797. The summed E-state index contributed by atoms with van der Waals surface area (Å²) in [6, 6.07) is 9.29. The highest BCUT2D eigenvalue weighted by Crippen LogP contribution is 2.28. The smallest absolute Gasteiger partial charge is 0.305 e. The van der Waals surface area contributed by atoms with Gasteiger partial charge in [0.1, 0.15) is 6.61 Å². The molecule has 0 aromatic heterocycles. The summed E-state index contributed by atoms with van der Waals surface area (Å²) in [4.78, 5) is 40.4. The molecule has 2 unspecified atom stereocenters. The number of allylic oxidation sites excluding steroid dienone is 2. The quantitative estimate of drug-likeness (QED) is 0.160. The van der Waals surface area contributed by atoms with Crippen molar-refractivity contribution >= 4 is 17.8 Å². The molecule has 2 amide bonds. The van der Waals surface area contributed by atoms with Crippen molar-refractivity contribution in [1.29, 1.82) is 0 Å². The second-order valence-corrected chi connectivity index (χ2v) is 10.3. The molecule has 2 atom stereocenters. The lowest BCUT2D eigenvalue weighted by Gasteiger charge is -2.29. The van der Waals surface area contributed by atoms with E-state index in [1.807, 2.05) is 30.3 Å². The summed E-state index contributed by atoms with van der Waals surface area (Å²) in [5, 5.41) is 12.6. The number of nitrogens with one attached hydrogen (secondary N) is 1. The van der Waals surface area contributed by atoms with Gasteiger partial charge in [0.15, 0.2) is 0 Å². The number of hydrogen-bond donors (Lipinski definition) is 2. The number of amides is 2. The van der Waals surface area contributed by atoms with E-state index in [0.717, 1.165) is 31.2 Å². The maximum absolute atomic E-state index is 13.4.